The average molecular weight is 231 g/mol. The third kappa shape index (κ3) is 2.75. The molecule has 17 heavy (non-hydrogen) atoms. The first kappa shape index (κ1) is 11.9. The summed E-state index contributed by atoms with van der Waals surface area (Å²) >= 11 is 0. The summed E-state index contributed by atoms with van der Waals surface area (Å²) in [4.78, 5) is 0. The molecule has 0 spiro atoms. The highest BCUT2D eigenvalue weighted by Gasteiger charge is 2.06. The zero-order valence-corrected chi connectivity index (χ0v) is 9.89. The van der Waals surface area contributed by atoms with Crippen LogP contribution in [0.3, 0.4) is 0 Å². The van der Waals surface area contributed by atoms with E-state index in [-0.39, 0.29) is 12.6 Å². The first-order valence-electron chi connectivity index (χ1n) is 5.74. The van der Waals surface area contributed by atoms with Gasteiger partial charge in [-0.05, 0) is 31.0 Å². The van der Waals surface area contributed by atoms with E-state index in [1.807, 2.05) is 43.3 Å². The normalized spacial score (nSPS) is 12.6. The molecule has 90 valence electrons. The number of aliphatic hydroxyl groups is 1. The van der Waals surface area contributed by atoms with Crippen LogP contribution in [0.5, 0.6) is 0 Å². The van der Waals surface area contributed by atoms with Crippen LogP contribution in [0.4, 0.5) is 0 Å². The lowest BCUT2D eigenvalue weighted by atomic mass is 10.0. The Morgan fingerprint density at radius 1 is 1.18 bits per heavy atom. The molecule has 0 fully saturated rings. The number of benzene rings is 1. The van der Waals surface area contributed by atoms with Crippen LogP contribution < -0.4 is 5.73 Å². The topological polar surface area (TPSA) is 59.4 Å². The molecule has 3 N–H and O–H groups in total. The summed E-state index contributed by atoms with van der Waals surface area (Å²) < 4.78 is 5.55. The Hall–Kier alpha value is -1.58. The number of aryl methyl sites for hydroxylation is 1. The van der Waals surface area contributed by atoms with Crippen molar-refractivity contribution in [1.29, 1.82) is 0 Å². The molecule has 0 saturated heterocycles. The molecule has 0 amide bonds. The molecule has 3 nitrogen and oxygen atoms in total. The molecule has 0 bridgehead atoms. The molecule has 1 atom stereocenters. The molecule has 0 aliphatic heterocycles. The van der Waals surface area contributed by atoms with Crippen molar-refractivity contribution in [3.8, 4) is 11.3 Å². The zero-order chi connectivity index (χ0) is 12.3. The Kier molecular flexibility index (Phi) is 3.61. The van der Waals surface area contributed by atoms with Gasteiger partial charge in [-0.25, -0.2) is 0 Å². The fraction of sp³-hybridized carbons (Fsp3) is 0.286. The van der Waals surface area contributed by atoms with Crippen molar-refractivity contribution in [2.45, 2.75) is 19.4 Å². The highest BCUT2D eigenvalue weighted by Crippen LogP contribution is 2.24. The number of rotatable bonds is 4. The van der Waals surface area contributed by atoms with Gasteiger partial charge in [0, 0.05) is 18.2 Å². The van der Waals surface area contributed by atoms with Gasteiger partial charge in [0.2, 0.25) is 0 Å². The number of hydrogen-bond donors (Lipinski definition) is 2. The fourth-order valence-corrected chi connectivity index (χ4v) is 1.79. The Morgan fingerprint density at radius 2 is 1.88 bits per heavy atom. The fourth-order valence-electron chi connectivity index (χ4n) is 1.79. The standard InChI is InChI=1S/C14H17NO2/c1-10-2-7-14(17-10)12-5-3-11(4-6-12)13(15)8-9-16/h2-7,13,16H,8-9,15H2,1H3. The van der Waals surface area contributed by atoms with Crippen molar-refractivity contribution < 1.29 is 9.52 Å². The average Bonchev–Trinajstić information content (AvgIpc) is 2.76. The van der Waals surface area contributed by atoms with E-state index < -0.39 is 0 Å². The Balaban J connectivity index is 2.18. The minimum absolute atomic E-state index is 0.104. The van der Waals surface area contributed by atoms with Gasteiger partial charge in [0.1, 0.15) is 11.5 Å². The van der Waals surface area contributed by atoms with Crippen molar-refractivity contribution in [3.05, 3.63) is 47.7 Å². The molecule has 1 aromatic carbocycles. The molecule has 0 radical (unpaired) electrons. The lowest BCUT2D eigenvalue weighted by molar-refractivity contribution is 0.276. The molecule has 1 heterocycles. The van der Waals surface area contributed by atoms with Gasteiger partial charge in [0.25, 0.3) is 0 Å². The second kappa shape index (κ2) is 5.17. The summed E-state index contributed by atoms with van der Waals surface area (Å²) in [6.45, 7) is 2.04. The summed E-state index contributed by atoms with van der Waals surface area (Å²) in [6, 6.07) is 11.7. The molecule has 1 unspecified atom stereocenters. The van der Waals surface area contributed by atoms with E-state index in [1.54, 1.807) is 0 Å². The maximum atomic E-state index is 8.84. The molecule has 3 heteroatoms. The summed E-state index contributed by atoms with van der Waals surface area (Å²) in [5.74, 6) is 1.77. The number of aliphatic hydroxyl groups excluding tert-OH is 1. The lowest BCUT2D eigenvalue weighted by Crippen LogP contribution is -2.11. The summed E-state index contributed by atoms with van der Waals surface area (Å²) in [5, 5.41) is 8.84. The van der Waals surface area contributed by atoms with Crippen LogP contribution in [-0.2, 0) is 0 Å². The van der Waals surface area contributed by atoms with Crippen molar-refractivity contribution in [2.24, 2.45) is 5.73 Å². The van der Waals surface area contributed by atoms with Crippen molar-refractivity contribution in [1.82, 2.24) is 0 Å². The van der Waals surface area contributed by atoms with E-state index >= 15 is 0 Å². The number of nitrogens with two attached hydrogens (primary N) is 1. The van der Waals surface area contributed by atoms with Gasteiger partial charge in [-0.3, -0.25) is 0 Å². The second-order valence-electron chi connectivity index (χ2n) is 4.15. The van der Waals surface area contributed by atoms with E-state index in [1.165, 1.54) is 0 Å². The molecule has 0 saturated carbocycles. The van der Waals surface area contributed by atoms with Crippen LogP contribution in [0, 0.1) is 6.92 Å². The highest BCUT2D eigenvalue weighted by atomic mass is 16.3. The van der Waals surface area contributed by atoms with Crippen molar-refractivity contribution in [2.75, 3.05) is 6.61 Å². The van der Waals surface area contributed by atoms with Gasteiger partial charge in [-0.15, -0.1) is 0 Å². The molecule has 2 rings (SSSR count). The highest BCUT2D eigenvalue weighted by molar-refractivity contribution is 5.58. The van der Waals surface area contributed by atoms with E-state index in [0.717, 1.165) is 22.6 Å². The molecule has 2 aromatic rings. The van der Waals surface area contributed by atoms with Gasteiger partial charge in [-0.2, -0.15) is 0 Å². The molecular weight excluding hydrogens is 214 g/mol. The number of hydrogen-bond acceptors (Lipinski definition) is 3. The first-order valence-corrected chi connectivity index (χ1v) is 5.74. The van der Waals surface area contributed by atoms with Gasteiger partial charge in [0.05, 0.1) is 0 Å². The molecule has 0 aliphatic rings. The van der Waals surface area contributed by atoms with E-state index in [9.17, 15) is 0 Å². The van der Waals surface area contributed by atoms with Gasteiger partial charge in [-0.1, -0.05) is 24.3 Å². The number of furan rings is 1. The van der Waals surface area contributed by atoms with E-state index in [2.05, 4.69) is 0 Å². The van der Waals surface area contributed by atoms with Gasteiger partial charge in [0.15, 0.2) is 0 Å². The molecule has 0 aliphatic carbocycles. The largest absolute Gasteiger partial charge is 0.461 e. The van der Waals surface area contributed by atoms with Crippen molar-refractivity contribution in [3.63, 3.8) is 0 Å². The van der Waals surface area contributed by atoms with Crippen LogP contribution in [0.25, 0.3) is 11.3 Å². The zero-order valence-electron chi connectivity index (χ0n) is 9.89. The van der Waals surface area contributed by atoms with Gasteiger partial charge < -0.3 is 15.3 Å². The van der Waals surface area contributed by atoms with Crippen LogP contribution in [0.15, 0.2) is 40.8 Å². The SMILES string of the molecule is Cc1ccc(-c2ccc(C(N)CCO)cc2)o1. The Bertz CT molecular complexity index is 473. The maximum Gasteiger partial charge on any atom is 0.134 e. The van der Waals surface area contributed by atoms with Gasteiger partial charge >= 0.3 is 0 Å². The Labute approximate surface area is 101 Å². The first-order chi connectivity index (χ1) is 8.20. The predicted octanol–water partition coefficient (Wildman–Crippen LogP) is 2.64. The summed E-state index contributed by atoms with van der Waals surface area (Å²) in [7, 11) is 0. The monoisotopic (exact) mass is 231 g/mol. The minimum Gasteiger partial charge on any atom is -0.461 e. The third-order valence-corrected chi connectivity index (χ3v) is 2.80. The van der Waals surface area contributed by atoms with Crippen LogP contribution in [-0.4, -0.2) is 11.7 Å². The Morgan fingerprint density at radius 3 is 2.41 bits per heavy atom. The van der Waals surface area contributed by atoms with Crippen LogP contribution in [0.1, 0.15) is 23.8 Å². The maximum absolute atomic E-state index is 8.84. The third-order valence-electron chi connectivity index (χ3n) is 2.80. The van der Waals surface area contributed by atoms with E-state index in [4.69, 9.17) is 15.3 Å². The molecule has 1 aromatic heterocycles. The van der Waals surface area contributed by atoms with Crippen molar-refractivity contribution >= 4 is 0 Å². The molecular formula is C14H17NO2. The predicted molar refractivity (Wildman–Crippen MR) is 67.5 cm³/mol. The summed E-state index contributed by atoms with van der Waals surface area (Å²) in [6.07, 6.45) is 0.583. The lowest BCUT2D eigenvalue weighted by Gasteiger charge is -2.10. The second-order valence-corrected chi connectivity index (χ2v) is 4.15. The van der Waals surface area contributed by atoms with E-state index in [0.29, 0.717) is 6.42 Å². The minimum atomic E-state index is -0.104. The smallest absolute Gasteiger partial charge is 0.134 e. The quantitative estimate of drug-likeness (QED) is 0.850. The summed E-state index contributed by atoms with van der Waals surface area (Å²) in [5.41, 5.74) is 7.99. The van der Waals surface area contributed by atoms with Crippen LogP contribution in [0.2, 0.25) is 0 Å². The van der Waals surface area contributed by atoms with Crippen LogP contribution >= 0.6 is 0 Å².